The van der Waals surface area contributed by atoms with Gasteiger partial charge in [0.25, 0.3) is 0 Å². The molecule has 2 aromatic rings. The molecule has 0 unspecified atom stereocenters. The van der Waals surface area contributed by atoms with Gasteiger partial charge in [0.2, 0.25) is 5.78 Å². The normalized spacial score (nSPS) is 9.93. The van der Waals surface area contributed by atoms with E-state index in [4.69, 9.17) is 10.4 Å². The molecule has 0 bridgehead atoms. The molecule has 0 amide bonds. The van der Waals surface area contributed by atoms with Crippen molar-refractivity contribution in [3.05, 3.63) is 29.8 Å². The highest BCUT2D eigenvalue weighted by Gasteiger charge is 2.09. The summed E-state index contributed by atoms with van der Waals surface area (Å²) in [4.78, 5) is 18.1. The van der Waals surface area contributed by atoms with Gasteiger partial charge in [-0.05, 0) is 6.07 Å². The summed E-state index contributed by atoms with van der Waals surface area (Å²) < 4.78 is 1.45. The Morgan fingerprint density at radius 2 is 2.36 bits per heavy atom. The molecule has 6 nitrogen and oxygen atoms in total. The molecule has 2 heterocycles. The van der Waals surface area contributed by atoms with E-state index in [1.54, 1.807) is 6.20 Å². The minimum atomic E-state index is -1.12. The maximum atomic E-state index is 10.6. The molecule has 0 atom stereocenters. The largest absolute Gasteiger partial charge is 0.476 e. The fourth-order valence-corrected chi connectivity index (χ4v) is 1.04. The van der Waals surface area contributed by atoms with Crippen molar-refractivity contribution in [3.8, 4) is 6.07 Å². The van der Waals surface area contributed by atoms with Crippen molar-refractivity contribution >= 4 is 11.7 Å². The Morgan fingerprint density at radius 1 is 1.57 bits per heavy atom. The molecule has 0 aliphatic rings. The molecule has 0 saturated heterocycles. The number of hydrogen-bond acceptors (Lipinski definition) is 4. The lowest BCUT2D eigenvalue weighted by atomic mass is 10.4. The summed E-state index contributed by atoms with van der Waals surface area (Å²) in [5.74, 6) is -0.907. The van der Waals surface area contributed by atoms with E-state index in [0.717, 1.165) is 0 Å². The third kappa shape index (κ3) is 1.17. The van der Waals surface area contributed by atoms with Gasteiger partial charge < -0.3 is 5.11 Å². The number of rotatable bonds is 1. The van der Waals surface area contributed by atoms with Crippen molar-refractivity contribution in [2.24, 2.45) is 0 Å². The van der Waals surface area contributed by atoms with Crippen molar-refractivity contribution in [1.82, 2.24) is 14.4 Å². The molecule has 1 N–H and O–H groups in total. The average molecular weight is 188 g/mol. The van der Waals surface area contributed by atoms with Crippen LogP contribution in [0, 0.1) is 11.3 Å². The first-order chi connectivity index (χ1) is 6.70. The number of aromatic nitrogens is 3. The number of carboxylic acid groups (broad SMARTS) is 1. The van der Waals surface area contributed by atoms with Gasteiger partial charge in [0.1, 0.15) is 11.8 Å². The van der Waals surface area contributed by atoms with E-state index in [0.29, 0.717) is 0 Å². The maximum absolute atomic E-state index is 10.6. The topological polar surface area (TPSA) is 91.3 Å². The quantitative estimate of drug-likeness (QED) is 0.694. The monoisotopic (exact) mass is 188 g/mol. The number of nitrogens with zero attached hydrogens (tertiary/aromatic N) is 4. The molecule has 2 rings (SSSR count). The first-order valence-corrected chi connectivity index (χ1v) is 3.70. The van der Waals surface area contributed by atoms with Gasteiger partial charge >= 0.3 is 5.97 Å². The lowest BCUT2D eigenvalue weighted by Crippen LogP contribution is -1.95. The van der Waals surface area contributed by atoms with Crippen LogP contribution in [0.1, 0.15) is 16.2 Å². The van der Waals surface area contributed by atoms with E-state index >= 15 is 0 Å². The summed E-state index contributed by atoms with van der Waals surface area (Å²) in [6.07, 6.45) is 2.88. The predicted octanol–water partition coefficient (Wildman–Crippen LogP) is 0.299. The molecule has 6 heteroatoms. The zero-order valence-corrected chi connectivity index (χ0v) is 6.88. The van der Waals surface area contributed by atoms with Crippen LogP contribution in [0.15, 0.2) is 18.5 Å². The van der Waals surface area contributed by atoms with Crippen LogP contribution in [0.5, 0.6) is 0 Å². The van der Waals surface area contributed by atoms with Gasteiger partial charge in [-0.25, -0.2) is 14.8 Å². The van der Waals surface area contributed by atoms with Crippen LogP contribution in [0.4, 0.5) is 0 Å². The van der Waals surface area contributed by atoms with Crippen molar-refractivity contribution < 1.29 is 9.90 Å². The molecule has 0 aliphatic heterocycles. The minimum Gasteiger partial charge on any atom is -0.476 e. The highest BCUT2D eigenvalue weighted by molar-refractivity contribution is 5.85. The first kappa shape index (κ1) is 8.19. The number of hydrogen-bond donors (Lipinski definition) is 1. The van der Waals surface area contributed by atoms with Gasteiger partial charge in [0.15, 0.2) is 5.69 Å². The highest BCUT2D eigenvalue weighted by atomic mass is 16.4. The van der Waals surface area contributed by atoms with E-state index in [1.165, 1.54) is 16.7 Å². The average Bonchev–Trinajstić information content (AvgIpc) is 2.59. The van der Waals surface area contributed by atoms with Gasteiger partial charge in [-0.1, -0.05) is 0 Å². The van der Waals surface area contributed by atoms with Gasteiger partial charge in [-0.15, -0.1) is 0 Å². The maximum Gasteiger partial charge on any atom is 0.356 e. The lowest BCUT2D eigenvalue weighted by molar-refractivity contribution is 0.0691. The number of fused-ring (bicyclic) bond motifs is 1. The van der Waals surface area contributed by atoms with E-state index in [-0.39, 0.29) is 17.2 Å². The minimum absolute atomic E-state index is 0.0902. The van der Waals surface area contributed by atoms with Crippen LogP contribution < -0.4 is 0 Å². The molecule has 14 heavy (non-hydrogen) atoms. The van der Waals surface area contributed by atoms with Crippen LogP contribution in [0.2, 0.25) is 0 Å². The number of carbonyl (C=O) groups is 1. The Bertz CT molecular complexity index is 552. The molecular weight excluding hydrogens is 184 g/mol. The molecule has 0 aliphatic carbocycles. The summed E-state index contributed by atoms with van der Waals surface area (Å²) in [5.41, 5.74) is 0.118. The van der Waals surface area contributed by atoms with Crippen LogP contribution in [0.25, 0.3) is 5.78 Å². The number of nitriles is 1. The Hall–Kier alpha value is -2.42. The number of aromatic carboxylic acids is 1. The fraction of sp³-hybridized carbons (Fsp3) is 0. The second kappa shape index (κ2) is 2.81. The molecule has 0 saturated carbocycles. The molecule has 0 fully saturated rings. The summed E-state index contributed by atoms with van der Waals surface area (Å²) in [7, 11) is 0. The third-order valence-electron chi connectivity index (χ3n) is 1.66. The summed E-state index contributed by atoms with van der Waals surface area (Å²) >= 11 is 0. The van der Waals surface area contributed by atoms with Gasteiger partial charge in [-0.2, -0.15) is 5.26 Å². The van der Waals surface area contributed by atoms with Crippen molar-refractivity contribution in [3.63, 3.8) is 0 Å². The predicted molar refractivity (Wildman–Crippen MR) is 44.7 cm³/mol. The molecule has 0 aromatic carbocycles. The Kier molecular flexibility index (Phi) is 1.65. The molecule has 68 valence electrons. The third-order valence-corrected chi connectivity index (χ3v) is 1.66. The summed E-state index contributed by atoms with van der Waals surface area (Å²) in [6.45, 7) is 0. The first-order valence-electron chi connectivity index (χ1n) is 3.70. The van der Waals surface area contributed by atoms with Crippen LogP contribution >= 0.6 is 0 Å². The van der Waals surface area contributed by atoms with E-state index in [1.807, 2.05) is 6.07 Å². The van der Waals surface area contributed by atoms with Crippen LogP contribution in [-0.4, -0.2) is 25.4 Å². The second-order valence-electron chi connectivity index (χ2n) is 2.56. The molecule has 0 radical (unpaired) electrons. The van der Waals surface area contributed by atoms with Gasteiger partial charge in [0.05, 0.1) is 0 Å². The van der Waals surface area contributed by atoms with Crippen LogP contribution in [-0.2, 0) is 0 Å². The lowest BCUT2D eigenvalue weighted by Gasteiger charge is -1.89. The Morgan fingerprint density at radius 3 is 3.00 bits per heavy atom. The van der Waals surface area contributed by atoms with Crippen molar-refractivity contribution in [2.75, 3.05) is 0 Å². The standard InChI is InChI=1S/C8H4N4O2/c9-3-5-1-2-12-4-6(7(13)14)11-8(12)10-5/h1-2,4H,(H,13,14). The zero-order valence-electron chi connectivity index (χ0n) is 6.88. The number of carboxylic acids is 1. The zero-order chi connectivity index (χ0) is 10.1. The molecule has 2 aromatic heterocycles. The van der Waals surface area contributed by atoms with E-state index in [9.17, 15) is 4.79 Å². The number of imidazole rings is 1. The smallest absolute Gasteiger partial charge is 0.356 e. The van der Waals surface area contributed by atoms with E-state index < -0.39 is 5.97 Å². The summed E-state index contributed by atoms with van der Waals surface area (Å²) in [6, 6.07) is 3.33. The van der Waals surface area contributed by atoms with Gasteiger partial charge in [-0.3, -0.25) is 4.40 Å². The van der Waals surface area contributed by atoms with Gasteiger partial charge in [0, 0.05) is 12.4 Å². The summed E-state index contributed by atoms with van der Waals surface area (Å²) in [5, 5.41) is 17.2. The molecule has 0 spiro atoms. The van der Waals surface area contributed by atoms with Crippen molar-refractivity contribution in [2.45, 2.75) is 0 Å². The highest BCUT2D eigenvalue weighted by Crippen LogP contribution is 2.03. The Labute approximate surface area is 78.1 Å². The van der Waals surface area contributed by atoms with Crippen LogP contribution in [0.3, 0.4) is 0 Å². The second-order valence-corrected chi connectivity index (χ2v) is 2.56. The van der Waals surface area contributed by atoms with E-state index in [2.05, 4.69) is 9.97 Å². The Balaban J connectivity index is 2.67. The fourth-order valence-electron chi connectivity index (χ4n) is 1.04. The SMILES string of the molecule is N#Cc1ccn2cc(C(=O)O)nc2n1. The molecular formula is C8H4N4O2. The van der Waals surface area contributed by atoms with Crippen molar-refractivity contribution in [1.29, 1.82) is 5.26 Å².